The third-order valence-electron chi connectivity index (χ3n) is 5.49. The lowest BCUT2D eigenvalue weighted by molar-refractivity contribution is -0.137. The molecule has 4 rings (SSSR count). The van der Waals surface area contributed by atoms with E-state index in [-0.39, 0.29) is 23.2 Å². The predicted molar refractivity (Wildman–Crippen MR) is 85.2 cm³/mol. The molecule has 3 heterocycles. The summed E-state index contributed by atoms with van der Waals surface area (Å²) in [6.07, 6.45) is -5.55. The van der Waals surface area contributed by atoms with E-state index in [9.17, 15) is 28.5 Å². The predicted octanol–water partition coefficient (Wildman–Crippen LogP) is 3.00. The molecule has 0 saturated carbocycles. The van der Waals surface area contributed by atoms with Gasteiger partial charge in [-0.25, -0.2) is 0 Å². The van der Waals surface area contributed by atoms with Crippen LogP contribution in [0.4, 0.5) is 13.2 Å². The summed E-state index contributed by atoms with van der Waals surface area (Å²) in [6.45, 7) is 3.19. The second-order valence-corrected chi connectivity index (χ2v) is 7.23. The lowest BCUT2D eigenvalue weighted by atomic mass is 9.78. The minimum atomic E-state index is -4.78. The monoisotopic (exact) mass is 380 g/mol. The molecular weight excluding hydrogens is 365 g/mol. The van der Waals surface area contributed by atoms with Crippen molar-refractivity contribution in [2.75, 3.05) is 0 Å². The zero-order chi connectivity index (χ0) is 19.9. The van der Waals surface area contributed by atoms with Gasteiger partial charge >= 0.3 is 6.18 Å². The Morgan fingerprint density at radius 1 is 1.22 bits per heavy atom. The van der Waals surface area contributed by atoms with Gasteiger partial charge in [0.15, 0.2) is 0 Å². The summed E-state index contributed by atoms with van der Waals surface area (Å²) in [7, 11) is 0. The Kier molecular flexibility index (Phi) is 3.26. The van der Waals surface area contributed by atoms with Crippen LogP contribution in [-0.2, 0) is 22.1 Å². The molecule has 0 aliphatic carbocycles. The fraction of sp³-hybridized carbons (Fsp3) is 0.389. The number of aliphatic hydroxyl groups excluding tert-OH is 1. The number of rotatable bonds is 1. The third-order valence-corrected chi connectivity index (χ3v) is 5.49. The molecule has 2 aliphatic heterocycles. The van der Waals surface area contributed by atoms with Crippen molar-refractivity contribution in [1.82, 2.24) is 4.57 Å². The summed E-state index contributed by atoms with van der Waals surface area (Å²) in [6, 6.07) is 4.35. The molecule has 3 N–H and O–H groups in total. The topological polar surface area (TPSA) is 98.6 Å². The van der Waals surface area contributed by atoms with Gasteiger partial charge in [0.25, 0.3) is 0 Å². The Balaban J connectivity index is 1.98. The average molecular weight is 380 g/mol. The largest absolute Gasteiger partial charge is 0.494 e. The van der Waals surface area contributed by atoms with Gasteiger partial charge in [-0.1, -0.05) is 0 Å². The van der Waals surface area contributed by atoms with Crippen LogP contribution in [-0.4, -0.2) is 26.0 Å². The molecule has 2 aliphatic rings. The standard InChI is InChI=1S/C18H15F3N2O4/c1-16-6-11(24)17(2,27-16)13-12(16)14(25)23(15(13)26)9-4-3-8(7-22)10(5-9)18(19,20)21/h3-5,11,24-26H,6H2,1-2H3/t11-,16?,17?/m1/s1. The number of benzene rings is 1. The second kappa shape index (κ2) is 4.97. The van der Waals surface area contributed by atoms with Gasteiger partial charge in [0.2, 0.25) is 11.8 Å². The number of hydrogen-bond donors (Lipinski definition) is 3. The van der Waals surface area contributed by atoms with E-state index in [0.717, 1.165) is 10.6 Å². The molecule has 2 unspecified atom stereocenters. The van der Waals surface area contributed by atoms with Gasteiger partial charge in [0.1, 0.15) is 5.60 Å². The number of halogens is 3. The van der Waals surface area contributed by atoms with Gasteiger partial charge in [0, 0.05) is 6.42 Å². The molecule has 2 aromatic rings. The summed E-state index contributed by atoms with van der Waals surface area (Å²) < 4.78 is 46.5. The van der Waals surface area contributed by atoms with E-state index < -0.39 is 46.4 Å². The first kappa shape index (κ1) is 17.7. The Morgan fingerprint density at radius 2 is 1.85 bits per heavy atom. The highest BCUT2D eigenvalue weighted by Crippen LogP contribution is 2.64. The maximum atomic E-state index is 13.3. The number of fused-ring (bicyclic) bond motifs is 5. The zero-order valence-electron chi connectivity index (χ0n) is 14.3. The van der Waals surface area contributed by atoms with Crippen LogP contribution in [0.15, 0.2) is 18.2 Å². The Labute approximate surface area is 151 Å². The summed E-state index contributed by atoms with van der Waals surface area (Å²) in [5.41, 5.74) is -3.86. The molecule has 3 atom stereocenters. The van der Waals surface area contributed by atoms with Gasteiger partial charge in [-0.3, -0.25) is 4.57 Å². The lowest BCUT2D eigenvalue weighted by Gasteiger charge is -2.25. The van der Waals surface area contributed by atoms with E-state index in [1.54, 1.807) is 13.8 Å². The first-order valence-electron chi connectivity index (χ1n) is 8.11. The fourth-order valence-electron chi connectivity index (χ4n) is 4.28. The molecule has 1 fully saturated rings. The number of aromatic hydroxyl groups is 2. The first-order chi connectivity index (χ1) is 12.4. The van der Waals surface area contributed by atoms with Crippen LogP contribution in [0.3, 0.4) is 0 Å². The van der Waals surface area contributed by atoms with Gasteiger partial charge in [-0.05, 0) is 32.0 Å². The molecule has 1 aromatic carbocycles. The van der Waals surface area contributed by atoms with Gasteiger partial charge in [-0.15, -0.1) is 0 Å². The van der Waals surface area contributed by atoms with Crippen LogP contribution >= 0.6 is 0 Å². The third kappa shape index (κ3) is 2.08. The summed E-state index contributed by atoms with van der Waals surface area (Å²) in [4.78, 5) is 0. The number of alkyl halides is 3. The summed E-state index contributed by atoms with van der Waals surface area (Å²) in [5.74, 6) is -0.969. The van der Waals surface area contributed by atoms with E-state index in [2.05, 4.69) is 0 Å². The highest BCUT2D eigenvalue weighted by atomic mass is 19.4. The maximum absolute atomic E-state index is 13.3. The van der Waals surface area contributed by atoms with Gasteiger partial charge in [0.05, 0.1) is 45.7 Å². The number of nitrogens with zero attached hydrogens (tertiary/aromatic N) is 2. The number of aromatic nitrogens is 1. The van der Waals surface area contributed by atoms with Gasteiger partial charge < -0.3 is 20.1 Å². The SMILES string of the molecule is CC12C[C@@H](O)C(C)(O1)c1c2c(O)n(-c2ccc(C#N)c(C(F)(F)F)c2)c1O. The van der Waals surface area contributed by atoms with Gasteiger partial charge in [-0.2, -0.15) is 18.4 Å². The fourth-order valence-corrected chi connectivity index (χ4v) is 4.28. The van der Waals surface area contributed by atoms with Crippen molar-refractivity contribution in [3.05, 3.63) is 40.5 Å². The van der Waals surface area contributed by atoms with Crippen LogP contribution in [0, 0.1) is 11.3 Å². The maximum Gasteiger partial charge on any atom is 0.417 e. The molecular formula is C18H15F3N2O4. The second-order valence-electron chi connectivity index (χ2n) is 7.23. The van der Waals surface area contributed by atoms with Crippen LogP contribution < -0.4 is 0 Å². The first-order valence-corrected chi connectivity index (χ1v) is 8.11. The molecule has 2 bridgehead atoms. The molecule has 27 heavy (non-hydrogen) atoms. The van der Waals surface area contributed by atoms with Crippen molar-refractivity contribution in [1.29, 1.82) is 5.26 Å². The molecule has 6 nitrogen and oxygen atoms in total. The smallest absolute Gasteiger partial charge is 0.417 e. The van der Waals surface area contributed by atoms with E-state index in [0.29, 0.717) is 6.07 Å². The summed E-state index contributed by atoms with van der Waals surface area (Å²) in [5, 5.41) is 40.6. The highest BCUT2D eigenvalue weighted by Gasteiger charge is 2.64. The van der Waals surface area contributed by atoms with E-state index in [4.69, 9.17) is 10.00 Å². The minimum Gasteiger partial charge on any atom is -0.494 e. The van der Waals surface area contributed by atoms with Crippen LogP contribution in [0.5, 0.6) is 11.8 Å². The Morgan fingerprint density at radius 3 is 2.44 bits per heavy atom. The van der Waals surface area contributed by atoms with E-state index in [1.807, 2.05) is 0 Å². The number of nitriles is 1. The lowest BCUT2D eigenvalue weighted by Crippen LogP contribution is -2.32. The highest BCUT2D eigenvalue weighted by molar-refractivity contribution is 5.62. The van der Waals surface area contributed by atoms with E-state index >= 15 is 0 Å². The molecule has 1 aromatic heterocycles. The zero-order valence-corrected chi connectivity index (χ0v) is 14.3. The normalized spacial score (nSPS) is 29.0. The molecule has 1 saturated heterocycles. The van der Waals surface area contributed by atoms with Crippen LogP contribution in [0.25, 0.3) is 5.69 Å². The Bertz CT molecular complexity index is 1020. The van der Waals surface area contributed by atoms with Crippen LogP contribution in [0.2, 0.25) is 0 Å². The van der Waals surface area contributed by atoms with Crippen molar-refractivity contribution < 1.29 is 33.2 Å². The van der Waals surface area contributed by atoms with Crippen LogP contribution in [0.1, 0.15) is 42.5 Å². The number of aliphatic hydroxyl groups is 1. The number of hydrogen-bond acceptors (Lipinski definition) is 5. The molecule has 9 heteroatoms. The van der Waals surface area contributed by atoms with E-state index in [1.165, 1.54) is 12.1 Å². The quantitative estimate of drug-likeness (QED) is 0.706. The summed E-state index contributed by atoms with van der Waals surface area (Å²) >= 11 is 0. The Hall–Kier alpha value is -2.70. The molecule has 0 amide bonds. The average Bonchev–Trinajstić information content (AvgIpc) is 3.07. The minimum absolute atomic E-state index is 0.152. The van der Waals surface area contributed by atoms with Crippen molar-refractivity contribution in [2.24, 2.45) is 0 Å². The van der Waals surface area contributed by atoms with Crippen molar-refractivity contribution in [3.8, 4) is 23.5 Å². The molecule has 0 spiro atoms. The molecule has 0 radical (unpaired) electrons. The molecule has 142 valence electrons. The van der Waals surface area contributed by atoms with Crippen molar-refractivity contribution in [2.45, 2.75) is 43.8 Å². The van der Waals surface area contributed by atoms with Crippen molar-refractivity contribution >= 4 is 0 Å². The van der Waals surface area contributed by atoms with Crippen molar-refractivity contribution in [3.63, 3.8) is 0 Å². The number of ether oxygens (including phenoxy) is 1.